The molecule has 2 aromatic heterocycles. The number of hydrogen-bond acceptors (Lipinski definition) is 4. The number of aliphatic hydroxyl groups excluding tert-OH is 1. The molecule has 0 aliphatic heterocycles. The Hall–Kier alpha value is -1.81. The minimum Gasteiger partial charge on any atom is -0.388 e. The first-order chi connectivity index (χ1) is 8.29. The van der Waals surface area contributed by atoms with E-state index in [9.17, 15) is 5.11 Å². The molecule has 0 bridgehead atoms. The van der Waals surface area contributed by atoms with Crippen LogP contribution in [0, 0.1) is 0 Å². The lowest BCUT2D eigenvalue weighted by Crippen LogP contribution is -2.04. The molecule has 1 unspecified atom stereocenters. The first-order valence-electron chi connectivity index (χ1n) is 5.66. The first-order valence-corrected chi connectivity index (χ1v) is 5.66. The average Bonchev–Trinajstić information content (AvgIpc) is 2.40. The fourth-order valence-electron chi connectivity index (χ4n) is 1.58. The van der Waals surface area contributed by atoms with Gasteiger partial charge >= 0.3 is 0 Å². The molecule has 0 aliphatic rings. The molecule has 4 nitrogen and oxygen atoms in total. The molecule has 2 aromatic rings. The highest BCUT2D eigenvalue weighted by Crippen LogP contribution is 2.15. The third-order valence-electron chi connectivity index (χ3n) is 2.66. The molecule has 0 amide bonds. The van der Waals surface area contributed by atoms with Gasteiger partial charge in [0.25, 0.3) is 0 Å². The minimum absolute atomic E-state index is 0.483. The molecular formula is C13H15N3O. The number of hydrogen-bond donors (Lipinski definition) is 1. The zero-order valence-corrected chi connectivity index (χ0v) is 9.74. The maximum absolute atomic E-state index is 9.98. The van der Waals surface area contributed by atoms with Crippen LogP contribution < -0.4 is 0 Å². The summed E-state index contributed by atoms with van der Waals surface area (Å²) >= 11 is 0. The maximum Gasteiger partial charge on any atom is 0.115 e. The van der Waals surface area contributed by atoms with Gasteiger partial charge in [-0.05, 0) is 18.1 Å². The number of aryl methyl sites for hydroxylation is 1. The van der Waals surface area contributed by atoms with Gasteiger partial charge in [0.1, 0.15) is 6.33 Å². The zero-order chi connectivity index (χ0) is 12.1. The van der Waals surface area contributed by atoms with Crippen LogP contribution in [0.2, 0.25) is 0 Å². The summed E-state index contributed by atoms with van der Waals surface area (Å²) in [4.78, 5) is 12.1. The molecule has 0 fully saturated rings. The predicted octanol–water partition coefficient (Wildman–Crippen LogP) is 1.71. The maximum atomic E-state index is 9.98. The highest BCUT2D eigenvalue weighted by Gasteiger charge is 2.09. The van der Waals surface area contributed by atoms with E-state index in [0.717, 1.165) is 12.1 Å². The third kappa shape index (κ3) is 3.07. The quantitative estimate of drug-likeness (QED) is 0.867. The molecule has 88 valence electrons. The van der Waals surface area contributed by atoms with E-state index in [-0.39, 0.29) is 0 Å². The number of aromatic nitrogens is 3. The Labute approximate surface area is 100 Å². The average molecular weight is 229 g/mol. The van der Waals surface area contributed by atoms with Crippen molar-refractivity contribution in [3.8, 4) is 0 Å². The lowest BCUT2D eigenvalue weighted by Gasteiger charge is -2.09. The van der Waals surface area contributed by atoms with Crippen molar-refractivity contribution in [2.45, 2.75) is 25.9 Å². The van der Waals surface area contributed by atoms with Crippen molar-refractivity contribution >= 4 is 0 Å². The van der Waals surface area contributed by atoms with Crippen LogP contribution in [0.5, 0.6) is 0 Å². The van der Waals surface area contributed by atoms with Crippen molar-refractivity contribution in [3.05, 3.63) is 53.9 Å². The van der Waals surface area contributed by atoms with Crippen molar-refractivity contribution in [2.24, 2.45) is 0 Å². The Morgan fingerprint density at radius 1 is 1.18 bits per heavy atom. The van der Waals surface area contributed by atoms with Crippen molar-refractivity contribution in [1.29, 1.82) is 0 Å². The summed E-state index contributed by atoms with van der Waals surface area (Å²) in [6, 6.07) is 3.99. The normalized spacial score (nSPS) is 12.4. The fraction of sp³-hybridized carbons (Fsp3) is 0.308. The van der Waals surface area contributed by atoms with Gasteiger partial charge < -0.3 is 5.11 Å². The van der Waals surface area contributed by atoms with Crippen LogP contribution in [0.15, 0.2) is 37.1 Å². The number of aliphatic hydroxyl groups is 1. The molecule has 0 aliphatic carbocycles. The Bertz CT molecular complexity index is 456. The van der Waals surface area contributed by atoms with Crippen LogP contribution in [0.25, 0.3) is 0 Å². The molecule has 0 aromatic carbocycles. The van der Waals surface area contributed by atoms with E-state index >= 15 is 0 Å². The molecule has 0 spiro atoms. The van der Waals surface area contributed by atoms with Gasteiger partial charge in [-0.25, -0.2) is 9.97 Å². The van der Waals surface area contributed by atoms with Crippen LogP contribution in [0.1, 0.15) is 29.8 Å². The summed E-state index contributed by atoms with van der Waals surface area (Å²) in [5.41, 5.74) is 2.79. The third-order valence-corrected chi connectivity index (χ3v) is 2.66. The fourth-order valence-corrected chi connectivity index (χ4v) is 1.58. The summed E-state index contributed by atoms with van der Waals surface area (Å²) in [6.45, 7) is 2.09. The lowest BCUT2D eigenvalue weighted by molar-refractivity contribution is 0.176. The van der Waals surface area contributed by atoms with Crippen LogP contribution in [0.4, 0.5) is 0 Å². The summed E-state index contributed by atoms with van der Waals surface area (Å²) in [6.07, 6.45) is 7.40. The Balaban J connectivity index is 2.05. The van der Waals surface area contributed by atoms with Crippen LogP contribution in [-0.4, -0.2) is 20.1 Å². The predicted molar refractivity (Wildman–Crippen MR) is 64.3 cm³/mol. The molecule has 0 saturated carbocycles. The van der Waals surface area contributed by atoms with E-state index in [4.69, 9.17) is 0 Å². The second kappa shape index (κ2) is 5.50. The first kappa shape index (κ1) is 11.7. The highest BCUT2D eigenvalue weighted by atomic mass is 16.3. The van der Waals surface area contributed by atoms with Gasteiger partial charge in [0.05, 0.1) is 6.10 Å². The largest absolute Gasteiger partial charge is 0.388 e. The van der Waals surface area contributed by atoms with Gasteiger partial charge in [0.2, 0.25) is 0 Å². The molecule has 0 radical (unpaired) electrons. The molecule has 0 saturated heterocycles. The standard InChI is InChI=1S/C13H15N3O/c1-2-10-3-4-12(16-6-10)5-13(17)11-7-14-9-15-8-11/h3-4,6-9,13,17H,2,5H2,1H3. The molecule has 4 heteroatoms. The number of rotatable bonds is 4. The molecule has 1 atom stereocenters. The number of nitrogens with zero attached hydrogens (tertiary/aromatic N) is 3. The van der Waals surface area contributed by atoms with Gasteiger partial charge in [-0.15, -0.1) is 0 Å². The van der Waals surface area contributed by atoms with Crippen molar-refractivity contribution in [2.75, 3.05) is 0 Å². The van der Waals surface area contributed by atoms with Crippen LogP contribution in [-0.2, 0) is 12.8 Å². The Kier molecular flexibility index (Phi) is 3.77. The van der Waals surface area contributed by atoms with E-state index < -0.39 is 6.10 Å². The second-order valence-corrected chi connectivity index (χ2v) is 3.90. The van der Waals surface area contributed by atoms with Crippen molar-refractivity contribution in [3.63, 3.8) is 0 Å². The second-order valence-electron chi connectivity index (χ2n) is 3.90. The number of pyridine rings is 1. The molecule has 2 heterocycles. The topological polar surface area (TPSA) is 58.9 Å². The molecule has 17 heavy (non-hydrogen) atoms. The van der Waals surface area contributed by atoms with Crippen LogP contribution in [0.3, 0.4) is 0 Å². The zero-order valence-electron chi connectivity index (χ0n) is 9.74. The van der Waals surface area contributed by atoms with Crippen molar-refractivity contribution in [1.82, 2.24) is 15.0 Å². The summed E-state index contributed by atoms with van der Waals surface area (Å²) in [5.74, 6) is 0. The SMILES string of the molecule is CCc1ccc(CC(O)c2cncnc2)nc1. The van der Waals surface area contributed by atoms with Gasteiger partial charge in [-0.1, -0.05) is 13.0 Å². The van der Waals surface area contributed by atoms with Gasteiger partial charge in [0.15, 0.2) is 0 Å². The van der Waals surface area contributed by atoms with E-state index in [2.05, 4.69) is 21.9 Å². The Morgan fingerprint density at radius 3 is 2.53 bits per heavy atom. The minimum atomic E-state index is -0.601. The Morgan fingerprint density at radius 2 is 1.94 bits per heavy atom. The summed E-state index contributed by atoms with van der Waals surface area (Å²) < 4.78 is 0. The monoisotopic (exact) mass is 229 g/mol. The summed E-state index contributed by atoms with van der Waals surface area (Å²) in [5, 5.41) is 9.98. The smallest absolute Gasteiger partial charge is 0.115 e. The van der Waals surface area contributed by atoms with Crippen molar-refractivity contribution < 1.29 is 5.11 Å². The van der Waals surface area contributed by atoms with Gasteiger partial charge in [-0.2, -0.15) is 0 Å². The summed E-state index contributed by atoms with van der Waals surface area (Å²) in [7, 11) is 0. The van der Waals surface area contributed by atoms with E-state index in [1.807, 2.05) is 18.3 Å². The lowest BCUT2D eigenvalue weighted by atomic mass is 10.1. The van der Waals surface area contributed by atoms with E-state index in [1.54, 1.807) is 12.4 Å². The molecular weight excluding hydrogens is 214 g/mol. The van der Waals surface area contributed by atoms with Crippen LogP contribution >= 0.6 is 0 Å². The highest BCUT2D eigenvalue weighted by molar-refractivity contribution is 5.16. The van der Waals surface area contributed by atoms with Gasteiger partial charge in [-0.3, -0.25) is 4.98 Å². The molecule has 1 N–H and O–H groups in total. The van der Waals surface area contributed by atoms with E-state index in [0.29, 0.717) is 12.0 Å². The van der Waals surface area contributed by atoms with E-state index in [1.165, 1.54) is 11.9 Å². The van der Waals surface area contributed by atoms with Gasteiger partial charge in [0, 0.05) is 36.3 Å². The molecule has 2 rings (SSSR count).